The van der Waals surface area contributed by atoms with Crippen LogP contribution in [0.3, 0.4) is 0 Å². The number of carbonyl (C=O) groups excluding carboxylic acids is 1. The average Bonchev–Trinajstić information content (AvgIpc) is 3.19. The third-order valence-electron chi connectivity index (χ3n) is 5.53. The number of halogens is 6. The van der Waals surface area contributed by atoms with Gasteiger partial charge in [-0.15, -0.1) is 0 Å². The van der Waals surface area contributed by atoms with Crippen molar-refractivity contribution in [1.29, 1.82) is 0 Å². The highest BCUT2D eigenvalue weighted by Crippen LogP contribution is 2.39. The molecule has 4 rings (SSSR count). The largest absolute Gasteiger partial charge is 0.392 e. The number of carbonyl (C=O) groups is 1. The van der Waals surface area contributed by atoms with Crippen LogP contribution in [0, 0.1) is 5.92 Å². The molecule has 1 saturated heterocycles. The Kier molecular flexibility index (Phi) is 5.52. The van der Waals surface area contributed by atoms with Crippen LogP contribution in [0.5, 0.6) is 0 Å². The molecule has 0 N–H and O–H groups in total. The van der Waals surface area contributed by atoms with E-state index >= 15 is 0 Å². The molecule has 168 valence electrons. The van der Waals surface area contributed by atoms with Crippen molar-refractivity contribution in [2.24, 2.45) is 5.92 Å². The van der Waals surface area contributed by atoms with Gasteiger partial charge in [-0.05, 0) is 18.1 Å². The first-order valence-electron chi connectivity index (χ1n) is 9.46. The van der Waals surface area contributed by atoms with Crippen LogP contribution in [0.1, 0.15) is 23.9 Å². The van der Waals surface area contributed by atoms with Crippen LogP contribution in [-0.4, -0.2) is 61.7 Å². The predicted octanol–water partition coefficient (Wildman–Crippen LogP) is 2.33. The molecule has 31 heavy (non-hydrogen) atoms. The topological polar surface area (TPSA) is 73.0 Å². The first kappa shape index (κ1) is 21.7. The van der Waals surface area contributed by atoms with Gasteiger partial charge in [0.05, 0.1) is 30.6 Å². The number of likely N-dealkylation sites (tertiary alicyclic amines) is 1. The summed E-state index contributed by atoms with van der Waals surface area (Å²) >= 11 is 5.87. The molecule has 0 radical (unpaired) electrons. The summed E-state index contributed by atoms with van der Waals surface area (Å²) < 4.78 is 69.4. The van der Waals surface area contributed by atoms with Crippen LogP contribution >= 0.6 is 11.6 Å². The summed E-state index contributed by atoms with van der Waals surface area (Å²) in [4.78, 5) is 30.5. The summed E-state index contributed by atoms with van der Waals surface area (Å²) in [6.45, 7) is -1.26. The molecule has 4 unspecified atom stereocenters. The second kappa shape index (κ2) is 7.88. The Morgan fingerprint density at radius 3 is 2.48 bits per heavy atom. The highest BCUT2D eigenvalue weighted by Gasteiger charge is 2.49. The van der Waals surface area contributed by atoms with Crippen LogP contribution in [0.15, 0.2) is 23.3 Å². The second-order valence-electron chi connectivity index (χ2n) is 7.71. The molecular formula is C18H17ClF5N5O2. The number of alkyl halides is 5. The van der Waals surface area contributed by atoms with Crippen molar-refractivity contribution < 1.29 is 26.7 Å². The fraction of sp³-hybridized carbons (Fsp3) is 0.556. The number of hydrogen-bond acceptors (Lipinski definition) is 4. The molecule has 2 aromatic heterocycles. The van der Waals surface area contributed by atoms with E-state index in [-0.39, 0.29) is 12.4 Å². The molecule has 7 nitrogen and oxygen atoms in total. The smallest absolute Gasteiger partial charge is 0.335 e. The number of hydrogen-bond donors (Lipinski definition) is 0. The van der Waals surface area contributed by atoms with E-state index in [9.17, 15) is 31.5 Å². The number of aromatic nitrogens is 4. The van der Waals surface area contributed by atoms with E-state index in [1.54, 1.807) is 0 Å². The zero-order valence-corrected chi connectivity index (χ0v) is 16.7. The Hall–Kier alpha value is -2.50. The zero-order chi connectivity index (χ0) is 22.5. The quantitative estimate of drug-likeness (QED) is 0.652. The Bertz CT molecular complexity index is 1040. The van der Waals surface area contributed by atoms with Gasteiger partial charge < -0.3 is 4.90 Å². The highest BCUT2D eigenvalue weighted by atomic mass is 35.5. The lowest BCUT2D eigenvalue weighted by molar-refractivity contribution is -0.183. The minimum absolute atomic E-state index is 0.118. The van der Waals surface area contributed by atoms with E-state index in [0.29, 0.717) is 10.6 Å². The number of amides is 1. The number of pyridine rings is 1. The van der Waals surface area contributed by atoms with Crippen molar-refractivity contribution in [3.63, 3.8) is 0 Å². The SMILES string of the molecule is O=C(C1CC(C(F)(F)F)Cc2nn(Cc3cncc(Cl)c3)c(=O)n21)N1CC(F)C(F)C1. The van der Waals surface area contributed by atoms with Crippen LogP contribution < -0.4 is 5.69 Å². The third kappa shape index (κ3) is 4.17. The molecule has 2 aliphatic rings. The van der Waals surface area contributed by atoms with Crippen LogP contribution in [0.25, 0.3) is 0 Å². The van der Waals surface area contributed by atoms with Gasteiger partial charge in [0, 0.05) is 18.8 Å². The van der Waals surface area contributed by atoms with Crippen LogP contribution in [-0.2, 0) is 17.8 Å². The maximum Gasteiger partial charge on any atom is 0.392 e. The molecule has 1 amide bonds. The molecular weight excluding hydrogens is 449 g/mol. The van der Waals surface area contributed by atoms with Gasteiger partial charge in [0.25, 0.3) is 0 Å². The molecule has 0 aliphatic carbocycles. The molecule has 2 aliphatic heterocycles. The highest BCUT2D eigenvalue weighted by molar-refractivity contribution is 6.30. The molecule has 0 bridgehead atoms. The normalized spacial score (nSPS) is 26.2. The maximum atomic E-state index is 13.6. The summed E-state index contributed by atoms with van der Waals surface area (Å²) in [5, 5.41) is 4.31. The predicted molar refractivity (Wildman–Crippen MR) is 98.1 cm³/mol. The Labute approximate surface area is 177 Å². The Morgan fingerprint density at radius 2 is 1.87 bits per heavy atom. The fourth-order valence-corrected chi connectivity index (χ4v) is 4.19. The van der Waals surface area contributed by atoms with Crippen molar-refractivity contribution in [1.82, 2.24) is 24.2 Å². The third-order valence-corrected chi connectivity index (χ3v) is 5.73. The zero-order valence-electron chi connectivity index (χ0n) is 15.9. The van der Waals surface area contributed by atoms with E-state index in [1.807, 2.05) is 0 Å². The summed E-state index contributed by atoms with van der Waals surface area (Å²) in [6.07, 6.45) is -6.95. The van der Waals surface area contributed by atoms with Crippen molar-refractivity contribution in [3.05, 3.63) is 45.4 Å². The van der Waals surface area contributed by atoms with Crippen molar-refractivity contribution in [2.75, 3.05) is 13.1 Å². The van der Waals surface area contributed by atoms with E-state index in [2.05, 4.69) is 10.1 Å². The lowest BCUT2D eigenvalue weighted by Crippen LogP contribution is -2.45. The van der Waals surface area contributed by atoms with E-state index in [0.717, 1.165) is 14.1 Å². The number of rotatable bonds is 3. The minimum atomic E-state index is -4.63. The average molecular weight is 466 g/mol. The first-order valence-corrected chi connectivity index (χ1v) is 9.83. The van der Waals surface area contributed by atoms with Crippen molar-refractivity contribution >= 4 is 17.5 Å². The summed E-state index contributed by atoms with van der Waals surface area (Å²) in [6, 6.07) is -0.0281. The van der Waals surface area contributed by atoms with Gasteiger partial charge >= 0.3 is 11.9 Å². The van der Waals surface area contributed by atoms with Crippen molar-refractivity contribution in [3.8, 4) is 0 Å². The van der Waals surface area contributed by atoms with Crippen LogP contribution in [0.2, 0.25) is 5.02 Å². The van der Waals surface area contributed by atoms with Gasteiger partial charge in [0.2, 0.25) is 5.91 Å². The molecule has 0 aromatic carbocycles. The molecule has 4 heterocycles. The Morgan fingerprint density at radius 1 is 1.19 bits per heavy atom. The van der Waals surface area contributed by atoms with E-state index < -0.39 is 68.0 Å². The summed E-state index contributed by atoms with van der Waals surface area (Å²) in [5.41, 5.74) is -0.304. The van der Waals surface area contributed by atoms with Gasteiger partial charge in [0.15, 0.2) is 12.3 Å². The summed E-state index contributed by atoms with van der Waals surface area (Å²) in [7, 11) is 0. The van der Waals surface area contributed by atoms with E-state index in [4.69, 9.17) is 11.6 Å². The van der Waals surface area contributed by atoms with Gasteiger partial charge in [-0.1, -0.05) is 11.6 Å². The molecule has 0 saturated carbocycles. The van der Waals surface area contributed by atoms with Gasteiger partial charge in [-0.3, -0.25) is 14.3 Å². The fourth-order valence-electron chi connectivity index (χ4n) is 3.99. The monoisotopic (exact) mass is 465 g/mol. The second-order valence-corrected chi connectivity index (χ2v) is 8.14. The Balaban J connectivity index is 1.70. The van der Waals surface area contributed by atoms with E-state index in [1.165, 1.54) is 18.5 Å². The number of fused-ring (bicyclic) bond motifs is 1. The molecule has 4 atom stereocenters. The molecule has 1 fully saturated rings. The first-order chi connectivity index (χ1) is 14.5. The molecule has 13 heteroatoms. The molecule has 2 aromatic rings. The van der Waals surface area contributed by atoms with Gasteiger partial charge in [-0.25, -0.2) is 18.3 Å². The number of nitrogens with zero attached hydrogens (tertiary/aromatic N) is 5. The molecule has 0 spiro atoms. The minimum Gasteiger partial charge on any atom is -0.335 e. The van der Waals surface area contributed by atoms with Crippen LogP contribution in [0.4, 0.5) is 22.0 Å². The lowest BCUT2D eigenvalue weighted by Gasteiger charge is -2.32. The lowest BCUT2D eigenvalue weighted by atomic mass is 9.91. The summed E-state index contributed by atoms with van der Waals surface area (Å²) in [5.74, 6) is -3.05. The standard InChI is InChI=1S/C18H17ClF5N5O2/c19-11-1-9(4-25-5-11)6-28-17(31)29-14(16(30)27-7-12(20)13(21)8-27)2-10(18(22,23)24)3-15(29)26-28/h1,4-5,10,12-14H,2-3,6-8H2. The van der Waals surface area contributed by atoms with Gasteiger partial charge in [0.1, 0.15) is 11.9 Å². The van der Waals surface area contributed by atoms with Crippen molar-refractivity contribution in [2.45, 2.75) is 43.9 Å². The maximum absolute atomic E-state index is 13.6. The van der Waals surface area contributed by atoms with Gasteiger partial charge in [-0.2, -0.15) is 18.3 Å².